The van der Waals surface area contributed by atoms with Crippen molar-refractivity contribution in [2.75, 3.05) is 7.11 Å². The molecule has 1 rings (SSSR count). The molecule has 0 aliphatic rings. The Balaban J connectivity index is 3.23. The number of aryl methyl sites for hydroxylation is 1. The molecule has 1 aromatic heterocycles. The molecule has 0 aliphatic carbocycles. The van der Waals surface area contributed by atoms with Crippen LogP contribution in [0, 0.1) is 6.92 Å². The van der Waals surface area contributed by atoms with Crippen molar-refractivity contribution in [2.24, 2.45) is 0 Å². The first kappa shape index (κ1) is 10.4. The third kappa shape index (κ3) is 2.16. The van der Waals surface area contributed by atoms with Gasteiger partial charge in [0.25, 0.3) is 0 Å². The largest absolute Gasteiger partial charge is 0.464 e. The molecule has 0 aliphatic heterocycles. The van der Waals surface area contributed by atoms with Gasteiger partial charge in [0.1, 0.15) is 4.60 Å². The van der Waals surface area contributed by atoms with Crippen LogP contribution >= 0.6 is 27.5 Å². The van der Waals surface area contributed by atoms with E-state index in [1.807, 2.05) is 0 Å². The second kappa shape index (κ2) is 4.02. The summed E-state index contributed by atoms with van der Waals surface area (Å²) in [4.78, 5) is 18.9. The van der Waals surface area contributed by atoms with E-state index >= 15 is 0 Å². The van der Waals surface area contributed by atoms with Crippen molar-refractivity contribution in [1.82, 2.24) is 9.97 Å². The summed E-state index contributed by atoms with van der Waals surface area (Å²) < 4.78 is 4.78. The summed E-state index contributed by atoms with van der Waals surface area (Å²) in [6, 6.07) is 0. The third-order valence-electron chi connectivity index (χ3n) is 1.35. The van der Waals surface area contributed by atoms with Crippen molar-refractivity contribution in [3.63, 3.8) is 0 Å². The number of ether oxygens (including phenoxy) is 1. The number of rotatable bonds is 1. The molecular formula is C7H6BrClN2O2. The summed E-state index contributed by atoms with van der Waals surface area (Å²) in [6.07, 6.45) is 0. The van der Waals surface area contributed by atoms with Gasteiger partial charge in [0.15, 0.2) is 10.8 Å². The van der Waals surface area contributed by atoms with Gasteiger partial charge in [-0.05, 0) is 22.9 Å². The van der Waals surface area contributed by atoms with Gasteiger partial charge in [-0.15, -0.1) is 0 Å². The van der Waals surface area contributed by atoms with Crippen molar-refractivity contribution in [3.8, 4) is 0 Å². The van der Waals surface area contributed by atoms with E-state index in [1.165, 1.54) is 7.11 Å². The van der Waals surface area contributed by atoms with Crippen LogP contribution in [0.2, 0.25) is 5.15 Å². The van der Waals surface area contributed by atoms with Crippen molar-refractivity contribution >= 4 is 33.5 Å². The van der Waals surface area contributed by atoms with E-state index in [4.69, 9.17) is 11.6 Å². The molecule has 4 nitrogen and oxygen atoms in total. The molecule has 6 heteroatoms. The van der Waals surface area contributed by atoms with Crippen LogP contribution in [0.4, 0.5) is 0 Å². The van der Waals surface area contributed by atoms with E-state index in [-0.39, 0.29) is 15.5 Å². The first-order valence-electron chi connectivity index (χ1n) is 3.34. The Labute approximate surface area is 88.4 Å². The summed E-state index contributed by atoms with van der Waals surface area (Å²) in [7, 11) is 1.28. The lowest BCUT2D eigenvalue weighted by atomic mass is 10.4. The highest BCUT2D eigenvalue weighted by Gasteiger charge is 2.15. The van der Waals surface area contributed by atoms with Crippen molar-refractivity contribution in [2.45, 2.75) is 6.92 Å². The van der Waals surface area contributed by atoms with Gasteiger partial charge in [-0.25, -0.2) is 14.8 Å². The number of esters is 1. The summed E-state index contributed by atoms with van der Waals surface area (Å²) >= 11 is 8.74. The Hall–Kier alpha value is -0.680. The SMILES string of the molecule is COC(=O)c1nc(C)c(Cl)nc1Br. The molecule has 1 heterocycles. The van der Waals surface area contributed by atoms with Gasteiger partial charge in [-0.3, -0.25) is 0 Å². The number of carbonyl (C=O) groups is 1. The van der Waals surface area contributed by atoms with E-state index in [0.29, 0.717) is 5.69 Å². The number of carbonyl (C=O) groups excluding carboxylic acids is 1. The molecule has 0 saturated carbocycles. The van der Waals surface area contributed by atoms with Gasteiger partial charge >= 0.3 is 5.97 Å². The first-order chi connectivity index (χ1) is 6.06. The van der Waals surface area contributed by atoms with E-state index in [9.17, 15) is 4.79 Å². The average molecular weight is 265 g/mol. The van der Waals surface area contributed by atoms with Gasteiger partial charge in [-0.2, -0.15) is 0 Å². The highest BCUT2D eigenvalue weighted by molar-refractivity contribution is 9.10. The van der Waals surface area contributed by atoms with Crippen LogP contribution in [0.15, 0.2) is 4.60 Å². The topological polar surface area (TPSA) is 52.1 Å². The van der Waals surface area contributed by atoms with Gasteiger partial charge in [-0.1, -0.05) is 11.6 Å². The fraction of sp³-hybridized carbons (Fsp3) is 0.286. The molecule has 0 aromatic carbocycles. The number of halogens is 2. The van der Waals surface area contributed by atoms with Crippen molar-refractivity contribution in [1.29, 1.82) is 0 Å². The van der Waals surface area contributed by atoms with Gasteiger partial charge in [0, 0.05) is 0 Å². The normalized spacial score (nSPS) is 9.85. The third-order valence-corrected chi connectivity index (χ3v) is 2.26. The van der Waals surface area contributed by atoms with Crippen LogP contribution in [0.25, 0.3) is 0 Å². The molecule has 0 saturated heterocycles. The summed E-state index contributed by atoms with van der Waals surface area (Å²) in [6.45, 7) is 1.66. The predicted molar refractivity (Wildman–Crippen MR) is 50.8 cm³/mol. The number of methoxy groups -OCH3 is 1. The lowest BCUT2D eigenvalue weighted by molar-refractivity contribution is 0.0592. The first-order valence-corrected chi connectivity index (χ1v) is 4.51. The van der Waals surface area contributed by atoms with Crippen LogP contribution in [0.5, 0.6) is 0 Å². The minimum absolute atomic E-state index is 0.129. The highest BCUT2D eigenvalue weighted by Crippen LogP contribution is 2.18. The lowest BCUT2D eigenvalue weighted by Crippen LogP contribution is -2.08. The molecule has 0 radical (unpaired) electrons. The van der Waals surface area contributed by atoms with Gasteiger partial charge in [0.05, 0.1) is 12.8 Å². The quantitative estimate of drug-likeness (QED) is 0.729. The molecule has 0 atom stereocenters. The molecular weight excluding hydrogens is 259 g/mol. The number of nitrogens with zero attached hydrogens (tertiary/aromatic N) is 2. The van der Waals surface area contributed by atoms with Gasteiger partial charge in [0.2, 0.25) is 0 Å². The second-order valence-electron chi connectivity index (χ2n) is 2.23. The Kier molecular flexibility index (Phi) is 3.22. The fourth-order valence-corrected chi connectivity index (χ4v) is 1.36. The Morgan fingerprint density at radius 3 is 2.69 bits per heavy atom. The molecule has 0 bridgehead atoms. The molecule has 0 spiro atoms. The summed E-state index contributed by atoms with van der Waals surface area (Å²) in [5.74, 6) is -0.542. The van der Waals surface area contributed by atoms with Crippen LogP contribution < -0.4 is 0 Å². The zero-order valence-corrected chi connectivity index (χ0v) is 9.31. The Morgan fingerprint density at radius 1 is 1.54 bits per heavy atom. The summed E-state index contributed by atoms with van der Waals surface area (Å²) in [5, 5.41) is 0.263. The molecule has 0 amide bonds. The maximum Gasteiger partial charge on any atom is 0.359 e. The maximum absolute atomic E-state index is 11.1. The Bertz CT molecular complexity index is 357. The second-order valence-corrected chi connectivity index (χ2v) is 3.34. The highest BCUT2D eigenvalue weighted by atomic mass is 79.9. The van der Waals surface area contributed by atoms with E-state index in [0.717, 1.165) is 0 Å². The summed E-state index contributed by atoms with van der Waals surface area (Å²) in [5.41, 5.74) is 0.620. The lowest BCUT2D eigenvalue weighted by Gasteiger charge is -2.02. The smallest absolute Gasteiger partial charge is 0.359 e. The monoisotopic (exact) mass is 264 g/mol. The molecule has 0 N–H and O–H groups in total. The Morgan fingerprint density at radius 2 is 2.15 bits per heavy atom. The number of hydrogen-bond acceptors (Lipinski definition) is 4. The zero-order valence-electron chi connectivity index (χ0n) is 6.97. The van der Waals surface area contributed by atoms with Crippen molar-refractivity contribution < 1.29 is 9.53 Å². The molecule has 0 fully saturated rings. The maximum atomic E-state index is 11.1. The number of hydrogen-bond donors (Lipinski definition) is 0. The minimum Gasteiger partial charge on any atom is -0.464 e. The average Bonchev–Trinajstić information content (AvgIpc) is 2.10. The van der Waals surface area contributed by atoms with E-state index in [1.54, 1.807) is 6.92 Å². The van der Waals surface area contributed by atoms with E-state index in [2.05, 4.69) is 30.6 Å². The van der Waals surface area contributed by atoms with Crippen LogP contribution in [0.1, 0.15) is 16.2 Å². The minimum atomic E-state index is -0.542. The molecule has 70 valence electrons. The standard InChI is InChI=1S/C7H6BrClN2O2/c1-3-6(9)11-5(8)4(10-3)7(12)13-2/h1-2H3. The van der Waals surface area contributed by atoms with Gasteiger partial charge < -0.3 is 4.74 Å². The van der Waals surface area contributed by atoms with Crippen LogP contribution in [-0.2, 0) is 4.74 Å². The zero-order chi connectivity index (χ0) is 10.0. The van der Waals surface area contributed by atoms with Crippen molar-refractivity contribution in [3.05, 3.63) is 21.1 Å². The molecule has 13 heavy (non-hydrogen) atoms. The fourth-order valence-electron chi connectivity index (χ4n) is 0.707. The number of aromatic nitrogens is 2. The van der Waals surface area contributed by atoms with E-state index < -0.39 is 5.97 Å². The molecule has 1 aromatic rings. The van der Waals surface area contributed by atoms with Crippen LogP contribution in [0.3, 0.4) is 0 Å². The van der Waals surface area contributed by atoms with Crippen LogP contribution in [-0.4, -0.2) is 23.0 Å². The predicted octanol–water partition coefficient (Wildman–Crippen LogP) is 1.99. The molecule has 0 unspecified atom stereocenters.